The fourth-order valence-electron chi connectivity index (χ4n) is 2.94. The number of anilines is 1. The summed E-state index contributed by atoms with van der Waals surface area (Å²) in [5.74, 6) is -0.113. The molecule has 120 valence electrons. The average Bonchev–Trinajstić information content (AvgIpc) is 3.04. The van der Waals surface area contributed by atoms with Crippen LogP contribution in [0, 0.1) is 11.3 Å². The SMILES string of the molecule is CC(CP(=O)(O)O)C1(Cn2cnc3c(=O)[nH]c(N)nc32)CC1. The standard InChI is InChI=1S/C12H18N5O4P/c1-7(4-22(19,20)21)12(2-3-12)5-17-6-14-8-9(17)15-11(13)16-10(8)18/h6-7H,2-5H2,1H3,(H2,19,20,21)(H3,13,15,16,18). The Balaban J connectivity index is 1.90. The van der Waals surface area contributed by atoms with Crippen LogP contribution < -0.4 is 11.3 Å². The zero-order chi connectivity index (χ0) is 16.1. The number of fused-ring (bicyclic) bond motifs is 1. The molecule has 1 unspecified atom stereocenters. The molecule has 1 fully saturated rings. The van der Waals surface area contributed by atoms with Gasteiger partial charge in [0, 0.05) is 6.54 Å². The van der Waals surface area contributed by atoms with Crippen LogP contribution in [0.15, 0.2) is 11.1 Å². The van der Waals surface area contributed by atoms with Crippen molar-refractivity contribution >= 4 is 24.7 Å². The van der Waals surface area contributed by atoms with Crippen LogP contribution in [0.4, 0.5) is 5.95 Å². The van der Waals surface area contributed by atoms with Gasteiger partial charge >= 0.3 is 7.60 Å². The van der Waals surface area contributed by atoms with Crippen molar-refractivity contribution in [2.24, 2.45) is 11.3 Å². The van der Waals surface area contributed by atoms with Gasteiger partial charge in [0.2, 0.25) is 5.95 Å². The summed E-state index contributed by atoms with van der Waals surface area (Å²) < 4.78 is 13.0. The molecule has 3 rings (SSSR count). The van der Waals surface area contributed by atoms with E-state index in [1.165, 1.54) is 6.33 Å². The Kier molecular flexibility index (Phi) is 3.39. The molecule has 1 saturated carbocycles. The Labute approximate surface area is 125 Å². The van der Waals surface area contributed by atoms with Crippen molar-refractivity contribution < 1.29 is 14.4 Å². The monoisotopic (exact) mass is 327 g/mol. The fourth-order valence-corrected chi connectivity index (χ4v) is 4.04. The molecule has 9 nitrogen and oxygen atoms in total. The minimum absolute atomic E-state index is 0.0207. The molecule has 1 aliphatic rings. The van der Waals surface area contributed by atoms with Gasteiger partial charge in [-0.1, -0.05) is 6.92 Å². The van der Waals surface area contributed by atoms with Crippen LogP contribution in [0.2, 0.25) is 0 Å². The van der Waals surface area contributed by atoms with E-state index < -0.39 is 13.2 Å². The lowest BCUT2D eigenvalue weighted by atomic mass is 9.92. The van der Waals surface area contributed by atoms with Crippen molar-refractivity contribution in [1.82, 2.24) is 19.5 Å². The Morgan fingerprint density at radius 3 is 2.82 bits per heavy atom. The van der Waals surface area contributed by atoms with Gasteiger partial charge in [-0.25, -0.2) is 4.98 Å². The minimum atomic E-state index is -4.05. The summed E-state index contributed by atoms with van der Waals surface area (Å²) in [7, 11) is -4.05. The predicted molar refractivity (Wildman–Crippen MR) is 80.3 cm³/mol. The number of hydrogen-bond donors (Lipinski definition) is 4. The fraction of sp³-hybridized carbons (Fsp3) is 0.583. The van der Waals surface area contributed by atoms with Crippen LogP contribution in [0.3, 0.4) is 0 Å². The number of nitrogens with zero attached hydrogens (tertiary/aromatic N) is 3. The molecular weight excluding hydrogens is 309 g/mol. The van der Waals surface area contributed by atoms with Crippen LogP contribution in [0.1, 0.15) is 19.8 Å². The Hall–Kier alpha value is -1.70. The largest absolute Gasteiger partial charge is 0.369 e. The first-order valence-corrected chi connectivity index (χ1v) is 8.75. The molecule has 2 heterocycles. The highest BCUT2D eigenvalue weighted by atomic mass is 31.2. The van der Waals surface area contributed by atoms with Crippen molar-refractivity contribution in [1.29, 1.82) is 0 Å². The summed E-state index contributed by atoms with van der Waals surface area (Å²) in [6.45, 7) is 2.36. The van der Waals surface area contributed by atoms with Gasteiger partial charge in [-0.2, -0.15) is 4.98 Å². The lowest BCUT2D eigenvalue weighted by Crippen LogP contribution is -2.23. The first kappa shape index (κ1) is 15.2. The number of H-pyrrole nitrogens is 1. The van der Waals surface area contributed by atoms with Gasteiger partial charge in [-0.05, 0) is 24.2 Å². The van der Waals surface area contributed by atoms with Crippen LogP contribution in [-0.4, -0.2) is 35.5 Å². The highest BCUT2D eigenvalue weighted by Gasteiger charge is 2.49. The molecule has 22 heavy (non-hydrogen) atoms. The Bertz CT molecular complexity index is 819. The van der Waals surface area contributed by atoms with Crippen LogP contribution >= 0.6 is 7.60 Å². The van der Waals surface area contributed by atoms with E-state index in [0.717, 1.165) is 12.8 Å². The van der Waals surface area contributed by atoms with Crippen molar-refractivity contribution in [2.45, 2.75) is 26.3 Å². The highest BCUT2D eigenvalue weighted by molar-refractivity contribution is 7.51. The van der Waals surface area contributed by atoms with E-state index in [1.807, 2.05) is 6.92 Å². The van der Waals surface area contributed by atoms with E-state index in [1.54, 1.807) is 4.57 Å². The second-order valence-electron chi connectivity index (χ2n) is 6.11. The van der Waals surface area contributed by atoms with Gasteiger partial charge in [0.1, 0.15) is 0 Å². The van der Waals surface area contributed by atoms with Crippen molar-refractivity contribution in [2.75, 3.05) is 11.9 Å². The quantitative estimate of drug-likeness (QED) is 0.577. The molecule has 5 N–H and O–H groups in total. The summed E-state index contributed by atoms with van der Waals surface area (Å²) in [5, 5.41) is 0. The number of hydrogen-bond acceptors (Lipinski definition) is 5. The van der Waals surface area contributed by atoms with Gasteiger partial charge < -0.3 is 20.1 Å². The summed E-state index contributed by atoms with van der Waals surface area (Å²) >= 11 is 0. The summed E-state index contributed by atoms with van der Waals surface area (Å²) in [5.41, 5.74) is 5.60. The number of rotatable bonds is 5. The molecule has 2 aromatic rings. The normalized spacial score (nSPS) is 18.5. The maximum absolute atomic E-state index is 11.8. The number of imidazole rings is 1. The third-order valence-electron chi connectivity index (χ3n) is 4.43. The molecule has 10 heteroatoms. The zero-order valence-electron chi connectivity index (χ0n) is 12.1. The number of aromatic amines is 1. The van der Waals surface area contributed by atoms with Crippen LogP contribution in [0.25, 0.3) is 11.2 Å². The Morgan fingerprint density at radius 1 is 1.55 bits per heavy atom. The molecule has 0 aromatic carbocycles. The van der Waals surface area contributed by atoms with Gasteiger partial charge in [0.25, 0.3) is 5.56 Å². The van der Waals surface area contributed by atoms with Gasteiger partial charge in [0.05, 0.1) is 12.5 Å². The molecule has 0 amide bonds. The number of nitrogen functional groups attached to an aromatic ring is 1. The van der Waals surface area contributed by atoms with Gasteiger partial charge in [-0.3, -0.25) is 14.3 Å². The van der Waals surface area contributed by atoms with E-state index in [4.69, 9.17) is 15.5 Å². The third kappa shape index (κ3) is 2.79. The third-order valence-corrected chi connectivity index (χ3v) is 5.45. The lowest BCUT2D eigenvalue weighted by molar-refractivity contribution is 0.290. The first-order valence-electron chi connectivity index (χ1n) is 6.95. The molecular formula is C12H18N5O4P. The second-order valence-corrected chi connectivity index (χ2v) is 7.80. The van der Waals surface area contributed by atoms with Crippen molar-refractivity contribution in [3.8, 4) is 0 Å². The number of aromatic nitrogens is 4. The topological polar surface area (TPSA) is 147 Å². The van der Waals surface area contributed by atoms with Gasteiger partial charge in [-0.15, -0.1) is 0 Å². The molecule has 1 aliphatic carbocycles. The molecule has 0 saturated heterocycles. The molecule has 2 aromatic heterocycles. The molecule has 0 bridgehead atoms. The van der Waals surface area contributed by atoms with Gasteiger partial charge in [0.15, 0.2) is 11.2 Å². The highest BCUT2D eigenvalue weighted by Crippen LogP contribution is 2.56. The number of nitrogens with one attached hydrogen (secondary N) is 1. The maximum Gasteiger partial charge on any atom is 0.325 e. The summed E-state index contributed by atoms with van der Waals surface area (Å²) in [6, 6.07) is 0. The van der Waals surface area contributed by atoms with E-state index in [0.29, 0.717) is 12.2 Å². The molecule has 0 aliphatic heterocycles. The summed E-state index contributed by atoms with van der Waals surface area (Å²) in [4.78, 5) is 40.7. The zero-order valence-corrected chi connectivity index (χ0v) is 13.0. The first-order chi connectivity index (χ1) is 10.2. The average molecular weight is 327 g/mol. The maximum atomic E-state index is 11.8. The van der Waals surface area contributed by atoms with Crippen molar-refractivity contribution in [3.63, 3.8) is 0 Å². The second kappa shape index (κ2) is 4.91. The van der Waals surface area contributed by atoms with Crippen LogP contribution in [-0.2, 0) is 11.1 Å². The Morgan fingerprint density at radius 2 is 2.23 bits per heavy atom. The van der Waals surface area contributed by atoms with E-state index in [-0.39, 0.29) is 29.0 Å². The predicted octanol–water partition coefficient (Wildman–Crippen LogP) is 0.296. The van der Waals surface area contributed by atoms with E-state index in [2.05, 4.69) is 15.0 Å². The minimum Gasteiger partial charge on any atom is -0.369 e. The smallest absolute Gasteiger partial charge is 0.325 e. The lowest BCUT2D eigenvalue weighted by Gasteiger charge is -2.24. The van der Waals surface area contributed by atoms with E-state index in [9.17, 15) is 9.36 Å². The van der Waals surface area contributed by atoms with Crippen LogP contribution in [0.5, 0.6) is 0 Å². The molecule has 0 spiro atoms. The van der Waals surface area contributed by atoms with E-state index >= 15 is 0 Å². The number of nitrogens with two attached hydrogens (primary N) is 1. The summed E-state index contributed by atoms with van der Waals surface area (Å²) in [6.07, 6.45) is 3.14. The molecule has 1 atom stereocenters. The molecule has 0 radical (unpaired) electrons. The van der Waals surface area contributed by atoms with Crippen molar-refractivity contribution in [3.05, 3.63) is 16.7 Å².